The van der Waals surface area contributed by atoms with Gasteiger partial charge in [-0.15, -0.1) is 0 Å². The minimum absolute atomic E-state index is 0.138. The Morgan fingerprint density at radius 2 is 1.80 bits per heavy atom. The molecule has 1 atom stereocenters. The Labute approximate surface area is 177 Å². The van der Waals surface area contributed by atoms with E-state index in [1.54, 1.807) is 24.3 Å². The van der Waals surface area contributed by atoms with Gasteiger partial charge in [0.25, 0.3) is 0 Å². The van der Waals surface area contributed by atoms with Crippen molar-refractivity contribution < 1.29 is 14.3 Å². The number of carbonyl (C=O) groups excluding carboxylic acids is 2. The maximum Gasteiger partial charge on any atom is 0.248 e. The van der Waals surface area contributed by atoms with Crippen LogP contribution in [0.25, 0.3) is 0 Å². The van der Waals surface area contributed by atoms with Crippen LogP contribution in [0.1, 0.15) is 35.2 Å². The van der Waals surface area contributed by atoms with E-state index < -0.39 is 5.91 Å². The summed E-state index contributed by atoms with van der Waals surface area (Å²) >= 11 is 0. The van der Waals surface area contributed by atoms with E-state index in [9.17, 15) is 9.59 Å². The van der Waals surface area contributed by atoms with E-state index in [1.165, 1.54) is 5.56 Å². The summed E-state index contributed by atoms with van der Waals surface area (Å²) in [5, 5.41) is 0. The van der Waals surface area contributed by atoms with E-state index in [1.807, 2.05) is 11.0 Å². The molecular weight excluding hydrogens is 378 g/mol. The Morgan fingerprint density at radius 3 is 2.60 bits per heavy atom. The van der Waals surface area contributed by atoms with Gasteiger partial charge in [-0.1, -0.05) is 36.4 Å². The largest absolute Gasteiger partial charge is 0.493 e. The number of benzene rings is 2. The molecule has 30 heavy (non-hydrogen) atoms. The van der Waals surface area contributed by atoms with Crippen molar-refractivity contribution in [3.8, 4) is 5.75 Å². The summed E-state index contributed by atoms with van der Waals surface area (Å²) in [6.07, 6.45) is 2.57. The van der Waals surface area contributed by atoms with Gasteiger partial charge in [0, 0.05) is 37.2 Å². The number of carbonyl (C=O) groups is 2. The Hall–Kier alpha value is -2.86. The molecule has 0 bridgehead atoms. The molecule has 0 aliphatic carbocycles. The summed E-state index contributed by atoms with van der Waals surface area (Å²) in [5.74, 6) is 0.209. The molecule has 4 rings (SSSR count). The zero-order valence-electron chi connectivity index (χ0n) is 17.3. The zero-order chi connectivity index (χ0) is 21.0. The van der Waals surface area contributed by atoms with Gasteiger partial charge < -0.3 is 15.4 Å². The first-order valence-electron chi connectivity index (χ1n) is 10.6. The van der Waals surface area contributed by atoms with E-state index in [-0.39, 0.29) is 11.3 Å². The van der Waals surface area contributed by atoms with Crippen LogP contribution in [-0.2, 0) is 11.3 Å². The highest BCUT2D eigenvalue weighted by molar-refractivity contribution is 5.93. The van der Waals surface area contributed by atoms with Crippen molar-refractivity contribution in [2.24, 2.45) is 11.1 Å². The lowest BCUT2D eigenvalue weighted by atomic mass is 9.86. The fraction of sp³-hybridized carbons (Fsp3) is 0.417. The maximum absolute atomic E-state index is 12.7. The molecular formula is C24H29N3O3. The molecule has 2 aromatic rings. The van der Waals surface area contributed by atoms with Crippen LogP contribution >= 0.6 is 0 Å². The van der Waals surface area contributed by atoms with Crippen LogP contribution in [0, 0.1) is 5.41 Å². The number of hydrogen-bond donors (Lipinski definition) is 1. The Kier molecular flexibility index (Phi) is 6.04. The third kappa shape index (κ3) is 4.82. The number of hydrogen-bond acceptors (Lipinski definition) is 4. The minimum Gasteiger partial charge on any atom is -0.493 e. The van der Waals surface area contributed by atoms with Gasteiger partial charge in [-0.3, -0.25) is 14.5 Å². The van der Waals surface area contributed by atoms with Crippen LogP contribution < -0.4 is 10.5 Å². The van der Waals surface area contributed by atoms with E-state index >= 15 is 0 Å². The Morgan fingerprint density at radius 1 is 1.00 bits per heavy atom. The summed E-state index contributed by atoms with van der Waals surface area (Å²) in [6.45, 7) is 5.10. The summed E-state index contributed by atoms with van der Waals surface area (Å²) in [6, 6.07) is 17.3. The highest BCUT2D eigenvalue weighted by Gasteiger charge is 2.44. The highest BCUT2D eigenvalue weighted by atomic mass is 16.5. The average Bonchev–Trinajstić information content (AvgIpc) is 3.35. The lowest BCUT2D eigenvalue weighted by Crippen LogP contribution is -2.34. The van der Waals surface area contributed by atoms with E-state index in [4.69, 9.17) is 10.5 Å². The first kappa shape index (κ1) is 20.4. The van der Waals surface area contributed by atoms with Crippen LogP contribution in [0.4, 0.5) is 0 Å². The van der Waals surface area contributed by atoms with E-state index in [2.05, 4.69) is 29.2 Å². The molecule has 0 saturated carbocycles. The third-order valence-corrected chi connectivity index (χ3v) is 6.26. The molecule has 0 radical (unpaired) electrons. The predicted octanol–water partition coefficient (Wildman–Crippen LogP) is 2.68. The minimum atomic E-state index is -0.489. The van der Waals surface area contributed by atoms with Crippen LogP contribution in [0.3, 0.4) is 0 Å². The van der Waals surface area contributed by atoms with Crippen LogP contribution in [0.15, 0.2) is 54.6 Å². The van der Waals surface area contributed by atoms with Crippen molar-refractivity contribution in [3.63, 3.8) is 0 Å². The topological polar surface area (TPSA) is 75.9 Å². The van der Waals surface area contributed by atoms with Gasteiger partial charge in [0.15, 0.2) is 0 Å². The molecule has 2 aliphatic heterocycles. The van der Waals surface area contributed by atoms with Gasteiger partial charge in [-0.25, -0.2) is 0 Å². The summed E-state index contributed by atoms with van der Waals surface area (Å²) < 4.78 is 5.66. The van der Waals surface area contributed by atoms with Gasteiger partial charge in [-0.05, 0) is 43.1 Å². The monoisotopic (exact) mass is 407 g/mol. The molecule has 1 spiro atoms. The summed E-state index contributed by atoms with van der Waals surface area (Å²) in [7, 11) is 0. The van der Waals surface area contributed by atoms with Crippen molar-refractivity contribution in [2.45, 2.75) is 25.8 Å². The standard InChI is InChI=1S/C24H29N3O3/c25-23(29)20-7-4-8-21(15-20)30-14-9-22(28)27-13-11-24(18-27)10-12-26(17-24)16-19-5-2-1-3-6-19/h1-8,15H,9-14,16-18H2,(H2,25,29). The van der Waals surface area contributed by atoms with Crippen LogP contribution in [0.5, 0.6) is 5.75 Å². The Bertz CT molecular complexity index is 902. The molecule has 2 saturated heterocycles. The van der Waals surface area contributed by atoms with Gasteiger partial charge in [-0.2, -0.15) is 0 Å². The van der Waals surface area contributed by atoms with Crippen molar-refractivity contribution in [1.82, 2.24) is 9.80 Å². The number of amides is 2. The second kappa shape index (κ2) is 8.88. The van der Waals surface area contributed by atoms with E-state index in [0.717, 1.165) is 45.6 Å². The van der Waals surface area contributed by atoms with Crippen LogP contribution in [0.2, 0.25) is 0 Å². The molecule has 2 aliphatic rings. The molecule has 2 fully saturated rings. The number of nitrogens with zero attached hydrogens (tertiary/aromatic N) is 2. The number of ether oxygens (including phenoxy) is 1. The number of likely N-dealkylation sites (tertiary alicyclic amines) is 2. The quantitative estimate of drug-likeness (QED) is 0.766. The summed E-state index contributed by atoms with van der Waals surface area (Å²) in [4.78, 5) is 28.4. The average molecular weight is 408 g/mol. The van der Waals surface area contributed by atoms with Crippen molar-refractivity contribution in [3.05, 3.63) is 65.7 Å². The fourth-order valence-electron chi connectivity index (χ4n) is 4.64. The molecule has 0 aromatic heterocycles. The number of primary amides is 1. The zero-order valence-corrected chi connectivity index (χ0v) is 17.3. The smallest absolute Gasteiger partial charge is 0.248 e. The van der Waals surface area contributed by atoms with Gasteiger partial charge in [0.2, 0.25) is 11.8 Å². The number of rotatable bonds is 7. The molecule has 6 heteroatoms. The van der Waals surface area contributed by atoms with Crippen LogP contribution in [-0.4, -0.2) is 54.4 Å². The molecule has 2 N–H and O–H groups in total. The number of nitrogens with two attached hydrogens (primary N) is 1. The van der Waals surface area contributed by atoms with Crippen molar-refractivity contribution in [1.29, 1.82) is 0 Å². The second-order valence-corrected chi connectivity index (χ2v) is 8.50. The Balaban J connectivity index is 1.24. The third-order valence-electron chi connectivity index (χ3n) is 6.26. The SMILES string of the molecule is NC(=O)c1cccc(OCCC(=O)N2CCC3(CCN(Cc4ccccc4)C3)C2)c1. The molecule has 158 valence electrons. The van der Waals surface area contributed by atoms with Gasteiger partial charge in [0.05, 0.1) is 13.0 Å². The molecule has 2 amide bonds. The lowest BCUT2D eigenvalue weighted by Gasteiger charge is -2.25. The molecule has 1 unspecified atom stereocenters. The van der Waals surface area contributed by atoms with Crippen molar-refractivity contribution >= 4 is 11.8 Å². The maximum atomic E-state index is 12.7. The lowest BCUT2D eigenvalue weighted by molar-refractivity contribution is -0.131. The van der Waals surface area contributed by atoms with E-state index in [0.29, 0.717) is 24.3 Å². The second-order valence-electron chi connectivity index (χ2n) is 8.50. The molecule has 2 heterocycles. The predicted molar refractivity (Wildman–Crippen MR) is 115 cm³/mol. The summed E-state index contributed by atoms with van der Waals surface area (Å²) in [5.41, 5.74) is 7.28. The molecule has 2 aromatic carbocycles. The first-order chi connectivity index (χ1) is 14.5. The fourth-order valence-corrected chi connectivity index (χ4v) is 4.64. The van der Waals surface area contributed by atoms with Gasteiger partial charge >= 0.3 is 0 Å². The normalized spacial score (nSPS) is 21.3. The van der Waals surface area contributed by atoms with Crippen molar-refractivity contribution in [2.75, 3.05) is 32.8 Å². The van der Waals surface area contributed by atoms with Gasteiger partial charge in [0.1, 0.15) is 5.75 Å². The first-order valence-corrected chi connectivity index (χ1v) is 10.6. The highest BCUT2D eigenvalue weighted by Crippen LogP contribution is 2.40. The molecule has 6 nitrogen and oxygen atoms in total.